The Bertz CT molecular complexity index is 571. The van der Waals surface area contributed by atoms with Crippen LogP contribution in [0.15, 0.2) is 18.2 Å². The van der Waals surface area contributed by atoms with Crippen molar-refractivity contribution in [3.8, 4) is 0 Å². The fourth-order valence-corrected chi connectivity index (χ4v) is 4.10. The molecule has 0 radical (unpaired) electrons. The van der Waals surface area contributed by atoms with E-state index in [4.69, 9.17) is 0 Å². The number of benzene rings is 1. The predicted molar refractivity (Wildman–Crippen MR) is 72.5 cm³/mol. The summed E-state index contributed by atoms with van der Waals surface area (Å²) in [4.78, 5) is 1.85. The van der Waals surface area contributed by atoms with Crippen molar-refractivity contribution in [2.75, 3.05) is 23.0 Å². The summed E-state index contributed by atoms with van der Waals surface area (Å²) in [5, 5.41) is 9.72. The minimum atomic E-state index is -3.01. The molecule has 1 saturated heterocycles. The highest BCUT2D eigenvalue weighted by molar-refractivity contribution is 7.91. The lowest BCUT2D eigenvalue weighted by Gasteiger charge is -2.36. The lowest BCUT2D eigenvalue weighted by atomic mass is 10.1. The summed E-state index contributed by atoms with van der Waals surface area (Å²) in [6.07, 6.45) is -0.929. The van der Waals surface area contributed by atoms with E-state index in [1.54, 1.807) is 19.1 Å². The monoisotopic (exact) mass is 287 g/mol. The summed E-state index contributed by atoms with van der Waals surface area (Å²) in [6.45, 7) is 3.63. The highest BCUT2D eigenvalue weighted by Crippen LogP contribution is 2.31. The molecule has 2 atom stereocenters. The lowest BCUT2D eigenvalue weighted by Crippen LogP contribution is -2.47. The van der Waals surface area contributed by atoms with E-state index in [9.17, 15) is 17.9 Å². The molecule has 1 fully saturated rings. The molecule has 1 aliphatic heterocycles. The van der Waals surface area contributed by atoms with Crippen molar-refractivity contribution in [1.29, 1.82) is 0 Å². The summed E-state index contributed by atoms with van der Waals surface area (Å²) in [5.41, 5.74) is 0.811. The van der Waals surface area contributed by atoms with Gasteiger partial charge in [0, 0.05) is 23.8 Å². The molecule has 0 bridgehead atoms. The standard InChI is InChI=1S/C13H18FNO3S/c1-9-8-19(17,18)7-6-15(9)12-5-3-4-11(14)13(12)10(2)16/h3-5,9-10,16H,6-8H2,1-2H3/t9?,10-/m0/s1. The molecule has 1 aliphatic rings. The Labute approximate surface area is 112 Å². The van der Waals surface area contributed by atoms with Crippen LogP contribution < -0.4 is 4.90 Å². The second-order valence-electron chi connectivity index (χ2n) is 5.01. The van der Waals surface area contributed by atoms with Crippen LogP contribution in [0.5, 0.6) is 0 Å². The molecular weight excluding hydrogens is 269 g/mol. The molecule has 1 N–H and O–H groups in total. The SMILES string of the molecule is CC1CS(=O)(=O)CCN1c1cccc(F)c1[C@H](C)O. The fraction of sp³-hybridized carbons (Fsp3) is 0.538. The van der Waals surface area contributed by atoms with Crippen molar-refractivity contribution in [2.45, 2.75) is 26.0 Å². The van der Waals surface area contributed by atoms with E-state index in [2.05, 4.69) is 0 Å². The third-order valence-electron chi connectivity index (χ3n) is 3.43. The fourth-order valence-electron chi connectivity index (χ4n) is 2.55. The number of aliphatic hydroxyl groups is 1. The summed E-state index contributed by atoms with van der Waals surface area (Å²) < 4.78 is 37.0. The Balaban J connectivity index is 2.40. The third kappa shape index (κ3) is 2.90. The molecule has 1 heterocycles. The normalized spacial score (nSPS) is 24.2. The molecule has 0 amide bonds. The Morgan fingerprint density at radius 3 is 2.74 bits per heavy atom. The minimum absolute atomic E-state index is 0.0583. The van der Waals surface area contributed by atoms with Crippen molar-refractivity contribution in [3.05, 3.63) is 29.6 Å². The zero-order chi connectivity index (χ0) is 14.2. The Hall–Kier alpha value is -1.14. The van der Waals surface area contributed by atoms with Gasteiger partial charge in [-0.2, -0.15) is 0 Å². The quantitative estimate of drug-likeness (QED) is 0.895. The maximum atomic E-state index is 13.8. The Morgan fingerprint density at radius 2 is 2.16 bits per heavy atom. The van der Waals surface area contributed by atoms with Gasteiger partial charge in [0.1, 0.15) is 5.82 Å². The van der Waals surface area contributed by atoms with E-state index in [1.807, 2.05) is 4.90 Å². The maximum absolute atomic E-state index is 13.8. The third-order valence-corrected chi connectivity index (χ3v) is 5.22. The van der Waals surface area contributed by atoms with Crippen molar-refractivity contribution in [3.63, 3.8) is 0 Å². The average molecular weight is 287 g/mol. The van der Waals surface area contributed by atoms with E-state index in [1.165, 1.54) is 13.0 Å². The number of halogens is 1. The van der Waals surface area contributed by atoms with Crippen molar-refractivity contribution in [1.82, 2.24) is 0 Å². The van der Waals surface area contributed by atoms with E-state index in [0.29, 0.717) is 12.2 Å². The van der Waals surface area contributed by atoms with Crippen LogP contribution in [0.3, 0.4) is 0 Å². The van der Waals surface area contributed by atoms with Gasteiger partial charge in [-0.25, -0.2) is 12.8 Å². The molecule has 1 aromatic carbocycles. The molecule has 0 saturated carbocycles. The first-order valence-electron chi connectivity index (χ1n) is 6.25. The van der Waals surface area contributed by atoms with Gasteiger partial charge >= 0.3 is 0 Å². The molecular formula is C13H18FNO3S. The predicted octanol–water partition coefficient (Wildman–Crippen LogP) is 1.50. The molecule has 19 heavy (non-hydrogen) atoms. The van der Waals surface area contributed by atoms with Gasteiger partial charge in [-0.15, -0.1) is 0 Å². The van der Waals surface area contributed by atoms with Crippen molar-refractivity contribution >= 4 is 15.5 Å². The summed E-state index contributed by atoms with van der Waals surface area (Å²) >= 11 is 0. The number of hydrogen-bond donors (Lipinski definition) is 1. The van der Waals surface area contributed by atoms with Gasteiger partial charge in [0.2, 0.25) is 0 Å². The molecule has 106 valence electrons. The summed E-state index contributed by atoms with van der Waals surface area (Å²) in [5.74, 6) is -0.344. The van der Waals surface area contributed by atoms with Gasteiger partial charge < -0.3 is 10.0 Å². The van der Waals surface area contributed by atoms with E-state index >= 15 is 0 Å². The van der Waals surface area contributed by atoms with Crippen molar-refractivity contribution < 1.29 is 17.9 Å². The van der Waals surface area contributed by atoms with Crippen LogP contribution >= 0.6 is 0 Å². The second kappa shape index (κ2) is 5.09. The summed E-state index contributed by atoms with van der Waals surface area (Å²) in [6, 6.07) is 4.38. The number of anilines is 1. The van der Waals surface area contributed by atoms with Crippen LogP contribution in [-0.2, 0) is 9.84 Å². The van der Waals surface area contributed by atoms with Gasteiger partial charge in [-0.05, 0) is 26.0 Å². The van der Waals surface area contributed by atoms with Crippen molar-refractivity contribution in [2.24, 2.45) is 0 Å². The van der Waals surface area contributed by atoms with Crippen LogP contribution in [0.2, 0.25) is 0 Å². The van der Waals surface area contributed by atoms with Gasteiger partial charge in [0.05, 0.1) is 17.6 Å². The maximum Gasteiger partial charge on any atom is 0.154 e. The van der Waals surface area contributed by atoms with Gasteiger partial charge in [0.15, 0.2) is 9.84 Å². The van der Waals surface area contributed by atoms with Gasteiger partial charge in [-0.1, -0.05) is 6.07 Å². The van der Waals surface area contributed by atoms with Crippen LogP contribution in [-0.4, -0.2) is 37.6 Å². The molecule has 0 aliphatic carbocycles. The molecule has 4 nitrogen and oxygen atoms in total. The topological polar surface area (TPSA) is 57.6 Å². The number of nitrogens with zero attached hydrogens (tertiary/aromatic N) is 1. The smallest absolute Gasteiger partial charge is 0.154 e. The molecule has 1 unspecified atom stereocenters. The number of aliphatic hydroxyl groups excluding tert-OH is 1. The largest absolute Gasteiger partial charge is 0.389 e. The first-order valence-corrected chi connectivity index (χ1v) is 8.07. The van der Waals surface area contributed by atoms with Crippen LogP contribution in [0.25, 0.3) is 0 Å². The van der Waals surface area contributed by atoms with E-state index in [-0.39, 0.29) is 23.1 Å². The Kier molecular flexibility index (Phi) is 3.82. The van der Waals surface area contributed by atoms with Gasteiger partial charge in [-0.3, -0.25) is 0 Å². The highest BCUT2D eigenvalue weighted by atomic mass is 32.2. The molecule has 0 spiro atoms. The van der Waals surface area contributed by atoms with Crippen LogP contribution in [0.1, 0.15) is 25.5 Å². The van der Waals surface area contributed by atoms with Crippen LogP contribution in [0, 0.1) is 5.82 Å². The number of rotatable bonds is 2. The van der Waals surface area contributed by atoms with Crippen LogP contribution in [0.4, 0.5) is 10.1 Å². The number of hydrogen-bond acceptors (Lipinski definition) is 4. The molecule has 1 aromatic rings. The zero-order valence-electron chi connectivity index (χ0n) is 11.0. The minimum Gasteiger partial charge on any atom is -0.389 e. The zero-order valence-corrected chi connectivity index (χ0v) is 11.8. The van der Waals surface area contributed by atoms with E-state index in [0.717, 1.165) is 0 Å². The Morgan fingerprint density at radius 1 is 1.47 bits per heavy atom. The van der Waals surface area contributed by atoms with Gasteiger partial charge in [0.25, 0.3) is 0 Å². The molecule has 2 rings (SSSR count). The van der Waals surface area contributed by atoms with E-state index < -0.39 is 21.8 Å². The summed E-state index contributed by atoms with van der Waals surface area (Å²) in [7, 11) is -3.01. The number of sulfone groups is 1. The highest BCUT2D eigenvalue weighted by Gasteiger charge is 2.30. The first-order chi connectivity index (χ1) is 8.82. The average Bonchev–Trinajstić information content (AvgIpc) is 2.26. The second-order valence-corrected chi connectivity index (χ2v) is 7.23. The lowest BCUT2D eigenvalue weighted by molar-refractivity contribution is 0.194. The molecule has 6 heteroatoms. The molecule has 0 aromatic heterocycles. The first kappa shape index (κ1) is 14.3.